The van der Waals surface area contributed by atoms with E-state index in [-0.39, 0.29) is 18.0 Å². The number of alkyl halides is 3. The Balaban J connectivity index is 1.70. The van der Waals surface area contributed by atoms with Crippen molar-refractivity contribution >= 4 is 5.69 Å². The van der Waals surface area contributed by atoms with Crippen LogP contribution in [0.3, 0.4) is 0 Å². The molecule has 8 heteroatoms. The Morgan fingerprint density at radius 1 is 1.10 bits per heavy atom. The van der Waals surface area contributed by atoms with E-state index in [0.29, 0.717) is 36.0 Å². The van der Waals surface area contributed by atoms with E-state index in [9.17, 15) is 28.6 Å². The first kappa shape index (κ1) is 21.2. The van der Waals surface area contributed by atoms with Crippen molar-refractivity contribution in [3.63, 3.8) is 0 Å². The topological polar surface area (TPSA) is 100 Å². The Morgan fingerprint density at radius 3 is 2.42 bits per heavy atom. The monoisotopic (exact) mass is 427 g/mol. The smallest absolute Gasteiger partial charge is 0.390 e. The van der Waals surface area contributed by atoms with E-state index in [1.54, 1.807) is 30.3 Å². The van der Waals surface area contributed by atoms with Crippen LogP contribution in [0.1, 0.15) is 40.7 Å². The van der Waals surface area contributed by atoms with Crippen LogP contribution in [0, 0.1) is 28.6 Å². The summed E-state index contributed by atoms with van der Waals surface area (Å²) in [4.78, 5) is 0. The third-order valence-electron chi connectivity index (χ3n) is 6.43. The van der Waals surface area contributed by atoms with Gasteiger partial charge in [0.1, 0.15) is 5.60 Å². The molecule has 2 aliphatic rings. The van der Waals surface area contributed by atoms with Gasteiger partial charge in [0.15, 0.2) is 0 Å². The first-order valence-electron chi connectivity index (χ1n) is 9.96. The van der Waals surface area contributed by atoms with Crippen molar-refractivity contribution in [1.82, 2.24) is 0 Å². The van der Waals surface area contributed by atoms with Crippen LogP contribution >= 0.6 is 0 Å². The number of benzene rings is 2. The largest absolute Gasteiger partial charge is 0.417 e. The maximum atomic E-state index is 13.4. The van der Waals surface area contributed by atoms with Gasteiger partial charge in [0, 0.05) is 12.1 Å². The van der Waals surface area contributed by atoms with E-state index in [4.69, 9.17) is 5.26 Å². The van der Waals surface area contributed by atoms with Crippen molar-refractivity contribution in [1.29, 1.82) is 10.5 Å². The van der Waals surface area contributed by atoms with E-state index >= 15 is 0 Å². The van der Waals surface area contributed by atoms with Crippen LogP contribution in [-0.4, -0.2) is 28.0 Å². The molecule has 4 atom stereocenters. The van der Waals surface area contributed by atoms with Gasteiger partial charge in [-0.3, -0.25) is 0 Å². The van der Waals surface area contributed by atoms with Crippen LogP contribution in [0.15, 0.2) is 36.4 Å². The molecule has 0 amide bonds. The van der Waals surface area contributed by atoms with Gasteiger partial charge < -0.3 is 15.5 Å². The molecule has 5 nitrogen and oxygen atoms in total. The molecule has 4 rings (SSSR count). The number of hydrogen-bond donors (Lipinski definition) is 3. The summed E-state index contributed by atoms with van der Waals surface area (Å²) in [5, 5.41) is 43.4. The molecule has 1 aliphatic heterocycles. The fraction of sp³-hybridized carbons (Fsp3) is 0.391. The second kappa shape index (κ2) is 7.56. The van der Waals surface area contributed by atoms with Crippen LogP contribution in [0.2, 0.25) is 0 Å². The maximum Gasteiger partial charge on any atom is 0.417 e. The lowest BCUT2D eigenvalue weighted by Gasteiger charge is -2.51. The lowest BCUT2D eigenvalue weighted by molar-refractivity contribution is -0.137. The standard InChI is InChI=1S/C23H20F3N3O2/c24-23(25,26)18-9-19-16(8-17(18)12-28)7-15-5-6-20(30)22(31,21(15)29-19)10-13-1-3-14(11-27)4-2-13/h1-4,8-9,15,20-21,29-31H,5-7,10H2. The molecule has 1 saturated carbocycles. The van der Waals surface area contributed by atoms with Gasteiger partial charge >= 0.3 is 6.18 Å². The number of aliphatic hydroxyl groups excluding tert-OH is 1. The zero-order chi connectivity index (χ0) is 22.4. The number of nitriles is 2. The van der Waals surface area contributed by atoms with E-state index in [1.807, 2.05) is 6.07 Å². The second-order valence-corrected chi connectivity index (χ2v) is 8.32. The molecule has 0 bridgehead atoms. The zero-order valence-electron chi connectivity index (χ0n) is 16.4. The Bertz CT molecular complexity index is 1090. The molecular weight excluding hydrogens is 407 g/mol. The Labute approximate surface area is 177 Å². The molecule has 0 saturated heterocycles. The van der Waals surface area contributed by atoms with E-state index in [0.717, 1.165) is 6.07 Å². The second-order valence-electron chi connectivity index (χ2n) is 8.32. The quantitative estimate of drug-likeness (QED) is 0.681. The van der Waals surface area contributed by atoms with Crippen LogP contribution in [0.4, 0.5) is 18.9 Å². The summed E-state index contributed by atoms with van der Waals surface area (Å²) in [5.41, 5.74) is -1.04. The molecule has 0 radical (unpaired) electrons. The van der Waals surface area contributed by atoms with Gasteiger partial charge in [0.05, 0.1) is 41.0 Å². The molecule has 1 fully saturated rings. The number of fused-ring (bicyclic) bond motifs is 2. The molecule has 0 aromatic heterocycles. The number of nitrogens with one attached hydrogen (secondary N) is 1. The van der Waals surface area contributed by atoms with Crippen molar-refractivity contribution in [3.05, 3.63) is 64.2 Å². The molecule has 2 aromatic carbocycles. The average Bonchev–Trinajstić information content (AvgIpc) is 2.74. The summed E-state index contributed by atoms with van der Waals surface area (Å²) in [7, 11) is 0. The summed E-state index contributed by atoms with van der Waals surface area (Å²) in [6.45, 7) is 0. The highest BCUT2D eigenvalue weighted by molar-refractivity contribution is 5.62. The molecule has 4 unspecified atom stereocenters. The van der Waals surface area contributed by atoms with Gasteiger partial charge in [-0.15, -0.1) is 0 Å². The molecular formula is C23H20F3N3O2. The summed E-state index contributed by atoms with van der Waals surface area (Å²) in [5.74, 6) is -0.109. The minimum Gasteiger partial charge on any atom is -0.390 e. The first-order chi connectivity index (χ1) is 14.7. The number of hydrogen-bond acceptors (Lipinski definition) is 5. The lowest BCUT2D eigenvalue weighted by Crippen LogP contribution is -2.63. The minimum absolute atomic E-state index is 0.0891. The Hall–Kier alpha value is -3.07. The predicted molar refractivity (Wildman–Crippen MR) is 106 cm³/mol. The molecule has 1 heterocycles. The third kappa shape index (κ3) is 3.74. The van der Waals surface area contributed by atoms with Gasteiger partial charge in [0.2, 0.25) is 0 Å². The highest BCUT2D eigenvalue weighted by atomic mass is 19.4. The summed E-state index contributed by atoms with van der Waals surface area (Å²) in [6, 6.07) is 11.8. The number of rotatable bonds is 2. The van der Waals surface area contributed by atoms with Gasteiger partial charge in [-0.25, -0.2) is 0 Å². The molecule has 160 valence electrons. The first-order valence-corrected chi connectivity index (χ1v) is 9.96. The van der Waals surface area contributed by atoms with Crippen molar-refractivity contribution in [2.45, 2.75) is 49.6 Å². The van der Waals surface area contributed by atoms with Crippen LogP contribution < -0.4 is 5.32 Å². The number of nitrogens with zero attached hydrogens (tertiary/aromatic N) is 2. The third-order valence-corrected chi connectivity index (χ3v) is 6.43. The van der Waals surface area contributed by atoms with Crippen molar-refractivity contribution in [2.24, 2.45) is 5.92 Å². The van der Waals surface area contributed by atoms with E-state index in [1.165, 1.54) is 6.07 Å². The zero-order valence-corrected chi connectivity index (χ0v) is 16.4. The fourth-order valence-electron chi connectivity index (χ4n) is 4.84. The predicted octanol–water partition coefficient (Wildman–Crippen LogP) is 3.53. The van der Waals surface area contributed by atoms with E-state index < -0.39 is 35.1 Å². The summed E-state index contributed by atoms with van der Waals surface area (Å²) >= 11 is 0. The van der Waals surface area contributed by atoms with Gasteiger partial charge in [-0.2, -0.15) is 23.7 Å². The molecule has 3 N–H and O–H groups in total. The van der Waals surface area contributed by atoms with Crippen LogP contribution in [0.25, 0.3) is 0 Å². The summed E-state index contributed by atoms with van der Waals surface area (Å²) in [6.07, 6.45) is -4.29. The van der Waals surface area contributed by atoms with Crippen LogP contribution in [-0.2, 0) is 19.0 Å². The van der Waals surface area contributed by atoms with Crippen molar-refractivity contribution in [2.75, 3.05) is 5.32 Å². The molecule has 2 aromatic rings. The molecule has 31 heavy (non-hydrogen) atoms. The maximum absolute atomic E-state index is 13.4. The number of halogens is 3. The van der Waals surface area contributed by atoms with E-state index in [2.05, 4.69) is 5.32 Å². The number of aliphatic hydroxyl groups is 2. The fourth-order valence-corrected chi connectivity index (χ4v) is 4.84. The van der Waals surface area contributed by atoms with Gasteiger partial charge in [-0.1, -0.05) is 12.1 Å². The SMILES string of the molecule is N#Cc1ccc(CC2(O)C(O)CCC3Cc4cc(C#N)c(C(F)(F)F)cc4NC32)cc1. The normalized spacial score (nSPS) is 27.3. The van der Waals surface area contributed by atoms with Crippen molar-refractivity contribution in [3.8, 4) is 12.1 Å². The molecule has 0 spiro atoms. The van der Waals surface area contributed by atoms with Gasteiger partial charge in [0.25, 0.3) is 0 Å². The minimum atomic E-state index is -4.68. The highest BCUT2D eigenvalue weighted by Crippen LogP contribution is 2.45. The molecule has 1 aliphatic carbocycles. The van der Waals surface area contributed by atoms with Crippen molar-refractivity contribution < 1.29 is 23.4 Å². The highest BCUT2D eigenvalue weighted by Gasteiger charge is 2.52. The Kier molecular flexibility index (Phi) is 5.17. The lowest BCUT2D eigenvalue weighted by atomic mass is 9.66. The van der Waals surface area contributed by atoms with Gasteiger partial charge in [-0.05, 0) is 60.6 Å². The summed E-state index contributed by atoms with van der Waals surface area (Å²) < 4.78 is 40.2. The Morgan fingerprint density at radius 2 is 1.81 bits per heavy atom. The average molecular weight is 427 g/mol. The number of anilines is 1. The van der Waals surface area contributed by atoms with Crippen LogP contribution in [0.5, 0.6) is 0 Å².